The van der Waals surface area contributed by atoms with Crippen molar-refractivity contribution in [3.05, 3.63) is 95.0 Å². The average Bonchev–Trinajstić information content (AvgIpc) is 3.31. The van der Waals surface area contributed by atoms with Crippen molar-refractivity contribution < 1.29 is 9.18 Å². The number of pyridine rings is 1. The lowest BCUT2D eigenvalue weighted by atomic mass is 10.1. The van der Waals surface area contributed by atoms with Gasteiger partial charge in [0.1, 0.15) is 5.82 Å². The molecule has 0 saturated heterocycles. The van der Waals surface area contributed by atoms with E-state index in [0.29, 0.717) is 5.56 Å². The second-order valence-electron chi connectivity index (χ2n) is 6.62. The molecule has 0 saturated carbocycles. The molecule has 0 bridgehead atoms. The van der Waals surface area contributed by atoms with Gasteiger partial charge in [0.25, 0.3) is 5.91 Å². The molecule has 1 N–H and O–H groups in total. The van der Waals surface area contributed by atoms with Gasteiger partial charge in [-0.05, 0) is 55.0 Å². The molecule has 0 atom stereocenters. The summed E-state index contributed by atoms with van der Waals surface area (Å²) < 4.78 is 14.2. The minimum Gasteiger partial charge on any atom is -0.319 e. The Hall–Kier alpha value is -4.09. The van der Waals surface area contributed by atoms with Crippen molar-refractivity contribution in [2.24, 2.45) is 0 Å². The summed E-state index contributed by atoms with van der Waals surface area (Å²) in [4.78, 5) is 23.4. The van der Waals surface area contributed by atoms with Crippen LogP contribution in [0.1, 0.15) is 21.5 Å². The van der Waals surface area contributed by atoms with Gasteiger partial charge in [0, 0.05) is 23.3 Å². The molecule has 4 aromatic rings. The van der Waals surface area contributed by atoms with Crippen LogP contribution in [0.5, 0.6) is 0 Å². The maximum absolute atomic E-state index is 14.2. The highest BCUT2D eigenvalue weighted by Crippen LogP contribution is 2.37. The van der Waals surface area contributed by atoms with Crippen molar-refractivity contribution in [1.29, 1.82) is 5.26 Å². The monoisotopic (exact) mass is 429 g/mol. The number of hydrogen-bond acceptors (Lipinski definition) is 6. The lowest BCUT2D eigenvalue weighted by Gasteiger charge is -2.24. The highest BCUT2D eigenvalue weighted by atomic mass is 32.1. The third-order valence-corrected chi connectivity index (χ3v) is 5.33. The van der Waals surface area contributed by atoms with Gasteiger partial charge in [-0.25, -0.2) is 9.37 Å². The summed E-state index contributed by atoms with van der Waals surface area (Å²) in [5, 5.41) is 14.0. The SMILES string of the molecule is Cc1ccc(C(=O)Nc2ccc(C#N)cc2F)cc1N(c1cccnc1)c1nccs1. The quantitative estimate of drug-likeness (QED) is 0.448. The van der Waals surface area contributed by atoms with Crippen LogP contribution in [0.3, 0.4) is 0 Å². The number of aryl methyl sites for hydroxylation is 1. The van der Waals surface area contributed by atoms with Crippen molar-refractivity contribution in [2.45, 2.75) is 6.92 Å². The maximum Gasteiger partial charge on any atom is 0.255 e. The molecular weight excluding hydrogens is 413 g/mol. The van der Waals surface area contributed by atoms with Gasteiger partial charge in [0.15, 0.2) is 5.13 Å². The number of amides is 1. The highest BCUT2D eigenvalue weighted by Gasteiger charge is 2.19. The molecule has 0 aliphatic rings. The van der Waals surface area contributed by atoms with Crippen LogP contribution in [0.15, 0.2) is 72.5 Å². The smallest absolute Gasteiger partial charge is 0.255 e. The van der Waals surface area contributed by atoms with Gasteiger partial charge >= 0.3 is 0 Å². The van der Waals surface area contributed by atoms with Gasteiger partial charge in [-0.2, -0.15) is 5.26 Å². The third-order valence-electron chi connectivity index (χ3n) is 4.57. The van der Waals surface area contributed by atoms with Crippen LogP contribution in [0, 0.1) is 24.1 Å². The van der Waals surface area contributed by atoms with E-state index in [0.717, 1.165) is 28.1 Å². The molecular formula is C23H16FN5OS. The highest BCUT2D eigenvalue weighted by molar-refractivity contribution is 7.13. The number of hydrogen-bond donors (Lipinski definition) is 1. The van der Waals surface area contributed by atoms with Gasteiger partial charge in [0.2, 0.25) is 0 Å². The Morgan fingerprint density at radius 1 is 1.19 bits per heavy atom. The van der Waals surface area contributed by atoms with E-state index >= 15 is 0 Å². The molecule has 152 valence electrons. The zero-order valence-corrected chi connectivity index (χ0v) is 17.2. The Morgan fingerprint density at radius 2 is 2.06 bits per heavy atom. The van der Waals surface area contributed by atoms with Crippen LogP contribution in [0.4, 0.5) is 26.6 Å². The summed E-state index contributed by atoms with van der Waals surface area (Å²) in [5.41, 5.74) is 3.04. The van der Waals surface area contributed by atoms with E-state index in [1.54, 1.807) is 30.7 Å². The van der Waals surface area contributed by atoms with Crippen LogP contribution in [0.25, 0.3) is 0 Å². The number of thiazole rings is 1. The average molecular weight is 429 g/mol. The molecule has 31 heavy (non-hydrogen) atoms. The molecule has 8 heteroatoms. The number of benzene rings is 2. The van der Waals surface area contributed by atoms with Crippen LogP contribution in [0.2, 0.25) is 0 Å². The van der Waals surface area contributed by atoms with E-state index in [9.17, 15) is 9.18 Å². The van der Waals surface area contributed by atoms with Crippen LogP contribution >= 0.6 is 11.3 Å². The van der Waals surface area contributed by atoms with Crippen LogP contribution in [-0.4, -0.2) is 15.9 Å². The Morgan fingerprint density at radius 3 is 2.74 bits per heavy atom. The van der Waals surface area contributed by atoms with E-state index in [4.69, 9.17) is 5.26 Å². The molecule has 0 aliphatic carbocycles. The normalized spacial score (nSPS) is 10.4. The van der Waals surface area contributed by atoms with E-state index < -0.39 is 11.7 Å². The summed E-state index contributed by atoms with van der Waals surface area (Å²) in [7, 11) is 0. The molecule has 2 heterocycles. The predicted molar refractivity (Wildman–Crippen MR) is 118 cm³/mol. The van der Waals surface area contributed by atoms with E-state index in [-0.39, 0.29) is 11.3 Å². The number of nitrogens with one attached hydrogen (secondary N) is 1. The number of aromatic nitrogens is 2. The standard InChI is InChI=1S/C23H16FN5OS/c1-15-4-6-17(22(30)28-20-7-5-16(13-25)11-19(20)24)12-21(15)29(23-27-9-10-31-23)18-3-2-8-26-14-18/h2-12,14H,1H3,(H,28,30). The number of carbonyl (C=O) groups excluding carboxylic acids is 1. The molecule has 0 fully saturated rings. The Bertz CT molecular complexity index is 1270. The predicted octanol–water partition coefficient (Wildman–Crippen LogP) is 5.58. The first kappa shape index (κ1) is 20.2. The molecule has 0 spiro atoms. The van der Waals surface area contributed by atoms with Gasteiger partial charge < -0.3 is 5.32 Å². The summed E-state index contributed by atoms with van der Waals surface area (Å²) >= 11 is 1.46. The van der Waals surface area contributed by atoms with Gasteiger partial charge in [-0.1, -0.05) is 6.07 Å². The molecule has 2 aromatic heterocycles. The first-order chi connectivity index (χ1) is 15.1. The van der Waals surface area contributed by atoms with Gasteiger partial charge in [0.05, 0.1) is 34.9 Å². The Balaban J connectivity index is 1.71. The zero-order chi connectivity index (χ0) is 21.8. The molecule has 6 nitrogen and oxygen atoms in total. The zero-order valence-electron chi connectivity index (χ0n) is 16.4. The topological polar surface area (TPSA) is 81.9 Å². The number of anilines is 4. The second-order valence-corrected chi connectivity index (χ2v) is 7.50. The first-order valence-electron chi connectivity index (χ1n) is 9.28. The van der Waals surface area contributed by atoms with Crippen molar-refractivity contribution in [3.8, 4) is 6.07 Å². The summed E-state index contributed by atoms with van der Waals surface area (Å²) in [5.74, 6) is -1.13. The molecule has 4 rings (SSSR count). The molecule has 1 amide bonds. The van der Waals surface area contributed by atoms with Crippen LogP contribution < -0.4 is 10.2 Å². The molecule has 2 aromatic carbocycles. The first-order valence-corrected chi connectivity index (χ1v) is 10.2. The molecule has 0 unspecified atom stereocenters. The lowest BCUT2D eigenvalue weighted by molar-refractivity contribution is 0.102. The molecule has 0 radical (unpaired) electrons. The van der Waals surface area contributed by atoms with E-state index in [1.165, 1.54) is 23.5 Å². The summed E-state index contributed by atoms with van der Waals surface area (Å²) in [6.45, 7) is 1.94. The minimum atomic E-state index is -0.667. The Labute approximate surface area is 182 Å². The number of carbonyl (C=O) groups is 1. The summed E-state index contributed by atoms with van der Waals surface area (Å²) in [6, 6.07) is 14.8. The van der Waals surface area contributed by atoms with Crippen molar-refractivity contribution in [2.75, 3.05) is 10.2 Å². The van der Waals surface area contributed by atoms with Crippen molar-refractivity contribution >= 4 is 39.4 Å². The van der Waals surface area contributed by atoms with Gasteiger partial charge in [-0.3, -0.25) is 14.7 Å². The van der Waals surface area contributed by atoms with Crippen molar-refractivity contribution in [1.82, 2.24) is 9.97 Å². The van der Waals surface area contributed by atoms with Crippen molar-refractivity contribution in [3.63, 3.8) is 0 Å². The minimum absolute atomic E-state index is 0.00941. The maximum atomic E-state index is 14.2. The number of rotatable bonds is 5. The fraction of sp³-hybridized carbons (Fsp3) is 0.0435. The fourth-order valence-corrected chi connectivity index (χ4v) is 3.71. The lowest BCUT2D eigenvalue weighted by Crippen LogP contribution is -2.16. The number of nitrogens with zero attached hydrogens (tertiary/aromatic N) is 4. The van der Waals surface area contributed by atoms with Crippen LogP contribution in [-0.2, 0) is 0 Å². The largest absolute Gasteiger partial charge is 0.319 e. The summed E-state index contributed by atoms with van der Waals surface area (Å²) in [6.07, 6.45) is 5.12. The van der Waals surface area contributed by atoms with E-state index in [1.807, 2.05) is 41.5 Å². The van der Waals surface area contributed by atoms with E-state index in [2.05, 4.69) is 15.3 Å². The second kappa shape index (κ2) is 8.73. The van der Waals surface area contributed by atoms with Gasteiger partial charge in [-0.15, -0.1) is 11.3 Å². The Kier molecular flexibility index (Phi) is 5.69. The third kappa shape index (κ3) is 4.27. The molecule has 0 aliphatic heterocycles. The number of halogens is 1. The fourth-order valence-electron chi connectivity index (χ4n) is 3.04. The number of nitriles is 1.